The monoisotopic (exact) mass is 394 g/mol. The molecule has 4 nitrogen and oxygen atoms in total. The molecule has 1 heterocycles. The SMILES string of the molecule is CCCN1C(=O)/C(=C\c2ccccc2OCc2ccccc2C#N)c2ccccc21. The summed E-state index contributed by atoms with van der Waals surface area (Å²) >= 11 is 0. The Hall–Kier alpha value is -3.84. The normalized spacial score (nSPS) is 13.9. The first kappa shape index (κ1) is 19.5. The third kappa shape index (κ3) is 3.70. The minimum absolute atomic E-state index is 0.0164. The third-order valence-electron chi connectivity index (χ3n) is 5.15. The first-order chi connectivity index (χ1) is 14.7. The van der Waals surface area contributed by atoms with Crippen LogP contribution in [0.3, 0.4) is 0 Å². The van der Waals surface area contributed by atoms with Crippen molar-refractivity contribution < 1.29 is 9.53 Å². The lowest BCUT2D eigenvalue weighted by atomic mass is 10.0. The second-order valence-corrected chi connectivity index (χ2v) is 7.13. The summed E-state index contributed by atoms with van der Waals surface area (Å²) in [5.74, 6) is 0.694. The third-order valence-corrected chi connectivity index (χ3v) is 5.15. The van der Waals surface area contributed by atoms with Crippen LogP contribution >= 0.6 is 0 Å². The van der Waals surface area contributed by atoms with E-state index in [0.29, 0.717) is 23.4 Å². The van der Waals surface area contributed by atoms with E-state index in [1.807, 2.05) is 77.7 Å². The Kier molecular flexibility index (Phi) is 5.63. The largest absolute Gasteiger partial charge is 0.488 e. The molecule has 0 N–H and O–H groups in total. The number of rotatable bonds is 6. The van der Waals surface area contributed by atoms with Crippen molar-refractivity contribution in [2.45, 2.75) is 20.0 Å². The van der Waals surface area contributed by atoms with E-state index in [1.165, 1.54) is 0 Å². The summed E-state index contributed by atoms with van der Waals surface area (Å²) in [7, 11) is 0. The Labute approximate surface area is 176 Å². The molecule has 3 aromatic rings. The Morgan fingerprint density at radius 2 is 1.73 bits per heavy atom. The maximum atomic E-state index is 13.1. The molecule has 4 rings (SSSR count). The number of carbonyl (C=O) groups excluding carboxylic acids is 1. The molecule has 0 saturated carbocycles. The van der Waals surface area contributed by atoms with Gasteiger partial charge in [-0.05, 0) is 30.7 Å². The van der Waals surface area contributed by atoms with Gasteiger partial charge in [-0.2, -0.15) is 5.26 Å². The number of para-hydroxylation sites is 2. The molecule has 0 aliphatic carbocycles. The zero-order valence-electron chi connectivity index (χ0n) is 16.8. The number of benzene rings is 3. The van der Waals surface area contributed by atoms with E-state index in [0.717, 1.165) is 28.8 Å². The summed E-state index contributed by atoms with van der Waals surface area (Å²) in [5.41, 5.74) is 4.84. The molecule has 0 bridgehead atoms. The number of nitriles is 1. The molecule has 1 aliphatic heterocycles. The van der Waals surface area contributed by atoms with Gasteiger partial charge in [0.15, 0.2) is 0 Å². The molecule has 0 saturated heterocycles. The first-order valence-corrected chi connectivity index (χ1v) is 10.1. The highest BCUT2D eigenvalue weighted by atomic mass is 16.5. The maximum absolute atomic E-state index is 13.1. The summed E-state index contributed by atoms with van der Waals surface area (Å²) in [6, 6.07) is 25.1. The molecule has 0 radical (unpaired) electrons. The Balaban J connectivity index is 1.67. The molecule has 30 heavy (non-hydrogen) atoms. The Bertz CT molecular complexity index is 1160. The van der Waals surface area contributed by atoms with Crippen LogP contribution in [0.2, 0.25) is 0 Å². The number of hydrogen-bond donors (Lipinski definition) is 0. The van der Waals surface area contributed by atoms with Gasteiger partial charge in [-0.3, -0.25) is 4.79 Å². The fourth-order valence-corrected chi connectivity index (χ4v) is 3.69. The summed E-state index contributed by atoms with van der Waals surface area (Å²) in [4.78, 5) is 15.0. The quantitative estimate of drug-likeness (QED) is 0.524. The van der Waals surface area contributed by atoms with Crippen LogP contribution < -0.4 is 9.64 Å². The molecule has 148 valence electrons. The topological polar surface area (TPSA) is 53.3 Å². The number of carbonyl (C=O) groups is 1. The van der Waals surface area contributed by atoms with E-state index >= 15 is 0 Å². The number of amides is 1. The van der Waals surface area contributed by atoms with Gasteiger partial charge in [-0.15, -0.1) is 0 Å². The summed E-state index contributed by atoms with van der Waals surface area (Å²) in [6.07, 6.45) is 2.80. The van der Waals surface area contributed by atoms with E-state index in [4.69, 9.17) is 4.74 Å². The van der Waals surface area contributed by atoms with Crippen molar-refractivity contribution in [2.75, 3.05) is 11.4 Å². The van der Waals surface area contributed by atoms with Crippen molar-refractivity contribution in [1.82, 2.24) is 0 Å². The fourth-order valence-electron chi connectivity index (χ4n) is 3.69. The molecule has 3 aromatic carbocycles. The number of nitrogens with zero attached hydrogens (tertiary/aromatic N) is 2. The smallest absolute Gasteiger partial charge is 0.258 e. The van der Waals surface area contributed by atoms with Crippen LogP contribution in [-0.4, -0.2) is 12.5 Å². The van der Waals surface area contributed by atoms with Gasteiger partial charge in [0.25, 0.3) is 5.91 Å². The van der Waals surface area contributed by atoms with Crippen LogP contribution in [0.5, 0.6) is 5.75 Å². The molecule has 0 spiro atoms. The summed E-state index contributed by atoms with van der Waals surface area (Å²) < 4.78 is 6.05. The molecular formula is C26H22N2O2. The van der Waals surface area contributed by atoms with Crippen molar-refractivity contribution in [3.8, 4) is 11.8 Å². The van der Waals surface area contributed by atoms with Gasteiger partial charge in [0.1, 0.15) is 12.4 Å². The number of ether oxygens (including phenoxy) is 1. The average Bonchev–Trinajstić information content (AvgIpc) is 3.05. The number of hydrogen-bond acceptors (Lipinski definition) is 3. The maximum Gasteiger partial charge on any atom is 0.258 e. The average molecular weight is 394 g/mol. The second-order valence-electron chi connectivity index (χ2n) is 7.13. The van der Waals surface area contributed by atoms with Crippen molar-refractivity contribution in [2.24, 2.45) is 0 Å². The standard InChI is InChI=1S/C26H22N2O2/c1-2-15-28-24-13-7-6-12-22(24)23(26(28)29)16-19-9-5-8-14-25(19)30-18-21-11-4-3-10-20(21)17-27/h3-14,16H,2,15,18H2,1H3/b23-16-. The lowest BCUT2D eigenvalue weighted by molar-refractivity contribution is -0.113. The lowest BCUT2D eigenvalue weighted by Gasteiger charge is -2.15. The zero-order valence-corrected chi connectivity index (χ0v) is 16.8. The minimum atomic E-state index is 0.0164. The second kappa shape index (κ2) is 8.67. The summed E-state index contributed by atoms with van der Waals surface area (Å²) in [5, 5.41) is 9.29. The number of anilines is 1. The van der Waals surface area contributed by atoms with Gasteiger partial charge >= 0.3 is 0 Å². The fraction of sp³-hybridized carbons (Fsp3) is 0.154. The van der Waals surface area contributed by atoms with Crippen LogP contribution in [0.25, 0.3) is 11.6 Å². The molecule has 4 heteroatoms. The number of fused-ring (bicyclic) bond motifs is 1. The van der Waals surface area contributed by atoms with Gasteiger partial charge in [-0.25, -0.2) is 0 Å². The van der Waals surface area contributed by atoms with Gasteiger partial charge in [0, 0.05) is 28.8 Å². The Morgan fingerprint density at radius 3 is 2.57 bits per heavy atom. The first-order valence-electron chi connectivity index (χ1n) is 10.1. The van der Waals surface area contributed by atoms with E-state index in [-0.39, 0.29) is 12.5 Å². The minimum Gasteiger partial charge on any atom is -0.488 e. The van der Waals surface area contributed by atoms with E-state index in [1.54, 1.807) is 6.07 Å². The zero-order chi connectivity index (χ0) is 20.9. The van der Waals surface area contributed by atoms with Crippen LogP contribution in [0.1, 0.15) is 35.6 Å². The van der Waals surface area contributed by atoms with Crippen molar-refractivity contribution in [3.05, 3.63) is 95.1 Å². The highest BCUT2D eigenvalue weighted by molar-refractivity contribution is 6.35. The van der Waals surface area contributed by atoms with Crippen molar-refractivity contribution in [3.63, 3.8) is 0 Å². The van der Waals surface area contributed by atoms with Gasteiger partial charge in [0.05, 0.1) is 17.3 Å². The predicted octanol–water partition coefficient (Wildman–Crippen LogP) is 5.43. The predicted molar refractivity (Wildman–Crippen MR) is 119 cm³/mol. The molecule has 0 unspecified atom stereocenters. The summed E-state index contributed by atoms with van der Waals surface area (Å²) in [6.45, 7) is 3.05. The highest BCUT2D eigenvalue weighted by Gasteiger charge is 2.31. The van der Waals surface area contributed by atoms with Crippen LogP contribution in [0.4, 0.5) is 5.69 Å². The highest BCUT2D eigenvalue weighted by Crippen LogP contribution is 2.38. The van der Waals surface area contributed by atoms with E-state index in [2.05, 4.69) is 13.0 Å². The molecule has 0 atom stereocenters. The van der Waals surface area contributed by atoms with Gasteiger partial charge in [-0.1, -0.05) is 61.5 Å². The van der Waals surface area contributed by atoms with E-state index in [9.17, 15) is 10.1 Å². The van der Waals surface area contributed by atoms with Crippen molar-refractivity contribution >= 4 is 23.2 Å². The van der Waals surface area contributed by atoms with Gasteiger partial charge in [0.2, 0.25) is 0 Å². The van der Waals surface area contributed by atoms with Crippen molar-refractivity contribution in [1.29, 1.82) is 5.26 Å². The van der Waals surface area contributed by atoms with E-state index < -0.39 is 0 Å². The molecule has 0 fully saturated rings. The molecule has 0 aromatic heterocycles. The molecular weight excluding hydrogens is 372 g/mol. The Morgan fingerprint density at radius 1 is 1.00 bits per heavy atom. The van der Waals surface area contributed by atoms with Crippen LogP contribution in [-0.2, 0) is 11.4 Å². The van der Waals surface area contributed by atoms with Gasteiger partial charge < -0.3 is 9.64 Å². The molecule has 1 amide bonds. The lowest BCUT2D eigenvalue weighted by Crippen LogP contribution is -2.26. The van der Waals surface area contributed by atoms with Crippen LogP contribution in [0.15, 0.2) is 72.8 Å². The van der Waals surface area contributed by atoms with Crippen LogP contribution in [0, 0.1) is 11.3 Å². The molecule has 1 aliphatic rings.